The first-order chi connectivity index (χ1) is 11.0. The van der Waals surface area contributed by atoms with Crippen molar-refractivity contribution in [3.05, 3.63) is 35.7 Å². The zero-order valence-electron chi connectivity index (χ0n) is 14.6. The molecule has 1 aliphatic rings. The number of hydrogen-bond donors (Lipinski definition) is 1. The molecule has 124 valence electrons. The van der Waals surface area contributed by atoms with E-state index in [1.165, 1.54) is 25.9 Å². The minimum absolute atomic E-state index is 0.479. The van der Waals surface area contributed by atoms with E-state index >= 15 is 0 Å². The summed E-state index contributed by atoms with van der Waals surface area (Å²) in [5.41, 5.74) is 3.13. The summed E-state index contributed by atoms with van der Waals surface area (Å²) in [4.78, 5) is 6.91. The molecule has 0 bridgehead atoms. The minimum Gasteiger partial charge on any atom is -0.441 e. The van der Waals surface area contributed by atoms with Crippen molar-refractivity contribution in [2.24, 2.45) is 5.92 Å². The number of oxazole rings is 1. The first kappa shape index (κ1) is 16.1. The molecule has 2 aromatic rings. The fourth-order valence-electron chi connectivity index (χ4n) is 3.25. The lowest BCUT2D eigenvalue weighted by Gasteiger charge is -2.33. The molecule has 1 aromatic carbocycles. The van der Waals surface area contributed by atoms with Gasteiger partial charge in [-0.2, -0.15) is 0 Å². The van der Waals surface area contributed by atoms with E-state index < -0.39 is 0 Å². The Hall–Kier alpha value is -1.81. The molecule has 4 nitrogen and oxygen atoms in total. The standard InChI is InChI=1S/C19H27N3O/c1-13-15(3)23-19(21-13)17-6-5-7-18(12-17)20-14(2)16-8-10-22(4)11-9-16/h5-7,12,14,16,20H,8-11H2,1-4H3/t14-/m0/s1. The second-order valence-corrected chi connectivity index (χ2v) is 6.82. The Morgan fingerprint density at radius 3 is 2.65 bits per heavy atom. The first-order valence-corrected chi connectivity index (χ1v) is 8.52. The number of aryl methyl sites for hydroxylation is 2. The second-order valence-electron chi connectivity index (χ2n) is 6.82. The van der Waals surface area contributed by atoms with E-state index in [4.69, 9.17) is 4.42 Å². The highest BCUT2D eigenvalue weighted by Crippen LogP contribution is 2.26. The third kappa shape index (κ3) is 3.75. The maximum absolute atomic E-state index is 5.74. The first-order valence-electron chi connectivity index (χ1n) is 8.52. The molecule has 1 aliphatic heterocycles. The van der Waals surface area contributed by atoms with Gasteiger partial charge < -0.3 is 14.6 Å². The van der Waals surface area contributed by atoms with Crippen LogP contribution in [0.25, 0.3) is 11.5 Å². The van der Waals surface area contributed by atoms with Crippen molar-refractivity contribution in [2.75, 3.05) is 25.5 Å². The summed E-state index contributed by atoms with van der Waals surface area (Å²) in [6.07, 6.45) is 2.53. The van der Waals surface area contributed by atoms with E-state index in [9.17, 15) is 0 Å². The number of piperidine rings is 1. The van der Waals surface area contributed by atoms with Crippen LogP contribution in [0.5, 0.6) is 0 Å². The van der Waals surface area contributed by atoms with Crippen LogP contribution < -0.4 is 5.32 Å². The average Bonchev–Trinajstić information content (AvgIpc) is 2.88. The van der Waals surface area contributed by atoms with Crippen molar-refractivity contribution >= 4 is 5.69 Å². The summed E-state index contributed by atoms with van der Waals surface area (Å²) in [5, 5.41) is 3.67. The van der Waals surface area contributed by atoms with Crippen molar-refractivity contribution in [1.82, 2.24) is 9.88 Å². The van der Waals surface area contributed by atoms with Gasteiger partial charge in [-0.3, -0.25) is 0 Å². The van der Waals surface area contributed by atoms with Gasteiger partial charge in [-0.1, -0.05) is 6.07 Å². The van der Waals surface area contributed by atoms with Gasteiger partial charge >= 0.3 is 0 Å². The molecule has 1 N–H and O–H groups in total. The lowest BCUT2D eigenvalue weighted by atomic mass is 9.90. The van der Waals surface area contributed by atoms with Gasteiger partial charge in [0.15, 0.2) is 0 Å². The highest BCUT2D eigenvalue weighted by molar-refractivity contribution is 5.61. The van der Waals surface area contributed by atoms with Gasteiger partial charge in [-0.25, -0.2) is 4.98 Å². The van der Waals surface area contributed by atoms with Gasteiger partial charge in [0.2, 0.25) is 5.89 Å². The highest BCUT2D eigenvalue weighted by Gasteiger charge is 2.22. The van der Waals surface area contributed by atoms with Crippen molar-refractivity contribution in [2.45, 2.75) is 39.7 Å². The number of benzene rings is 1. The van der Waals surface area contributed by atoms with Gasteiger partial charge in [-0.15, -0.1) is 0 Å². The van der Waals surface area contributed by atoms with Crippen LogP contribution in [0.2, 0.25) is 0 Å². The summed E-state index contributed by atoms with van der Waals surface area (Å²) in [5.74, 6) is 2.33. The SMILES string of the molecule is Cc1nc(-c2cccc(N[C@@H](C)C3CCN(C)CC3)c2)oc1C. The van der Waals surface area contributed by atoms with Gasteiger partial charge in [0, 0.05) is 17.3 Å². The van der Waals surface area contributed by atoms with Crippen LogP contribution in [0.4, 0.5) is 5.69 Å². The normalized spacial score (nSPS) is 18.1. The van der Waals surface area contributed by atoms with Crippen LogP contribution in [-0.4, -0.2) is 36.1 Å². The molecule has 1 aromatic heterocycles. The van der Waals surface area contributed by atoms with Crippen LogP contribution >= 0.6 is 0 Å². The zero-order valence-corrected chi connectivity index (χ0v) is 14.6. The zero-order chi connectivity index (χ0) is 16.4. The van der Waals surface area contributed by atoms with Crippen molar-refractivity contribution in [1.29, 1.82) is 0 Å². The smallest absolute Gasteiger partial charge is 0.226 e. The molecule has 1 fully saturated rings. The maximum atomic E-state index is 5.74. The van der Waals surface area contributed by atoms with Crippen LogP contribution in [0, 0.1) is 19.8 Å². The summed E-state index contributed by atoms with van der Waals surface area (Å²) in [6, 6.07) is 8.85. The Morgan fingerprint density at radius 2 is 2.00 bits per heavy atom. The van der Waals surface area contributed by atoms with Crippen molar-refractivity contribution < 1.29 is 4.42 Å². The van der Waals surface area contributed by atoms with Crippen molar-refractivity contribution in [3.63, 3.8) is 0 Å². The fraction of sp³-hybridized carbons (Fsp3) is 0.526. The third-order valence-electron chi connectivity index (χ3n) is 5.00. The van der Waals surface area contributed by atoms with Crippen LogP contribution in [0.1, 0.15) is 31.2 Å². The van der Waals surface area contributed by atoms with Crippen molar-refractivity contribution in [3.8, 4) is 11.5 Å². The fourth-order valence-corrected chi connectivity index (χ4v) is 3.25. The van der Waals surface area contributed by atoms with Gasteiger partial charge in [-0.05, 0) is 77.9 Å². The van der Waals surface area contributed by atoms with E-state index in [0.29, 0.717) is 11.9 Å². The molecule has 0 aliphatic carbocycles. The molecular formula is C19H27N3O. The van der Waals surface area contributed by atoms with E-state index in [1.807, 2.05) is 13.8 Å². The minimum atomic E-state index is 0.479. The van der Waals surface area contributed by atoms with E-state index in [-0.39, 0.29) is 0 Å². The van der Waals surface area contributed by atoms with E-state index in [1.54, 1.807) is 0 Å². The average molecular weight is 313 g/mol. The molecule has 0 radical (unpaired) electrons. The van der Waals surface area contributed by atoms with Gasteiger partial charge in [0.1, 0.15) is 5.76 Å². The van der Waals surface area contributed by atoms with E-state index in [0.717, 1.165) is 28.6 Å². The van der Waals surface area contributed by atoms with Crippen LogP contribution in [0.3, 0.4) is 0 Å². The molecule has 3 rings (SSSR count). The lowest BCUT2D eigenvalue weighted by molar-refractivity contribution is 0.208. The predicted octanol–water partition coefficient (Wildman–Crippen LogP) is 4.10. The molecule has 0 amide bonds. The Labute approximate surface area is 138 Å². The number of rotatable bonds is 4. The van der Waals surface area contributed by atoms with Gasteiger partial charge in [0.05, 0.1) is 5.69 Å². The predicted molar refractivity (Wildman–Crippen MR) is 94.7 cm³/mol. The largest absolute Gasteiger partial charge is 0.441 e. The molecule has 1 atom stereocenters. The van der Waals surface area contributed by atoms with E-state index in [2.05, 4.69) is 53.4 Å². The molecule has 4 heteroatoms. The topological polar surface area (TPSA) is 41.3 Å². The maximum Gasteiger partial charge on any atom is 0.226 e. The quantitative estimate of drug-likeness (QED) is 0.922. The number of hydrogen-bond acceptors (Lipinski definition) is 4. The molecule has 0 spiro atoms. The summed E-state index contributed by atoms with van der Waals surface area (Å²) in [6.45, 7) is 8.63. The monoisotopic (exact) mass is 313 g/mol. The Balaban J connectivity index is 1.70. The molecule has 0 saturated carbocycles. The number of likely N-dealkylation sites (tertiary alicyclic amines) is 1. The molecule has 0 unspecified atom stereocenters. The Morgan fingerprint density at radius 1 is 1.26 bits per heavy atom. The van der Waals surface area contributed by atoms with Crippen LogP contribution in [0.15, 0.2) is 28.7 Å². The molecule has 1 saturated heterocycles. The Kier molecular flexibility index (Phi) is 4.71. The number of anilines is 1. The summed E-state index contributed by atoms with van der Waals surface area (Å²) >= 11 is 0. The second kappa shape index (κ2) is 6.75. The number of aromatic nitrogens is 1. The Bertz CT molecular complexity index is 637. The van der Waals surface area contributed by atoms with Crippen LogP contribution in [-0.2, 0) is 0 Å². The summed E-state index contributed by atoms with van der Waals surface area (Å²) < 4.78 is 5.74. The number of nitrogens with one attached hydrogen (secondary N) is 1. The van der Waals surface area contributed by atoms with Gasteiger partial charge in [0.25, 0.3) is 0 Å². The molecular weight excluding hydrogens is 286 g/mol. The highest BCUT2D eigenvalue weighted by atomic mass is 16.4. The summed E-state index contributed by atoms with van der Waals surface area (Å²) in [7, 11) is 2.21. The lowest BCUT2D eigenvalue weighted by Crippen LogP contribution is -2.37. The number of nitrogens with zero attached hydrogens (tertiary/aromatic N) is 2. The molecule has 23 heavy (non-hydrogen) atoms. The molecule has 2 heterocycles. The third-order valence-corrected chi connectivity index (χ3v) is 5.00.